The smallest absolute Gasteiger partial charge is 0.335 e. The minimum atomic E-state index is -1.02. The number of carbonyl (C=O) groups is 2. The largest absolute Gasteiger partial charge is 0.481 e. The van der Waals surface area contributed by atoms with E-state index in [1.54, 1.807) is 36.4 Å². The average molecular weight is 601 g/mol. The third-order valence-electron chi connectivity index (χ3n) is 3.71. The summed E-state index contributed by atoms with van der Waals surface area (Å²) in [6, 6.07) is 13.3. The quantitative estimate of drug-likeness (QED) is 0.277. The number of hydrogen-bond donors (Lipinski definition) is 2. The molecule has 0 bridgehead atoms. The second kappa shape index (κ2) is 10.1. The monoisotopic (exact) mass is 598 g/mol. The molecule has 0 aliphatic heterocycles. The highest BCUT2D eigenvalue weighted by Crippen LogP contribution is 2.36. The number of nitrogens with zero attached hydrogens (tertiary/aromatic N) is 1. The van der Waals surface area contributed by atoms with Gasteiger partial charge >= 0.3 is 5.97 Å². The second-order valence-corrected chi connectivity index (χ2v) is 8.49. The third kappa shape index (κ3) is 5.80. The van der Waals surface area contributed by atoms with Crippen LogP contribution in [0.3, 0.4) is 0 Å². The molecule has 0 saturated carbocycles. The zero-order valence-corrected chi connectivity index (χ0v) is 19.8. The third-order valence-corrected chi connectivity index (χ3v) is 5.35. The van der Waals surface area contributed by atoms with E-state index in [0.29, 0.717) is 31.8 Å². The van der Waals surface area contributed by atoms with Gasteiger partial charge in [-0.2, -0.15) is 5.10 Å². The molecule has 0 radical (unpaired) electrons. The summed E-state index contributed by atoms with van der Waals surface area (Å²) in [5, 5.41) is 12.9. The minimum absolute atomic E-state index is 0.162. The van der Waals surface area contributed by atoms with Crippen molar-refractivity contribution in [2.75, 3.05) is 6.61 Å². The Morgan fingerprint density at radius 1 is 1.10 bits per heavy atom. The van der Waals surface area contributed by atoms with E-state index in [-0.39, 0.29) is 12.2 Å². The molecule has 0 atom stereocenters. The number of ether oxygens (including phenoxy) is 1. The molecule has 2 N–H and O–H groups in total. The van der Waals surface area contributed by atoms with Crippen molar-refractivity contribution < 1.29 is 23.8 Å². The lowest BCUT2D eigenvalue weighted by Crippen LogP contribution is -2.24. The maximum absolute atomic E-state index is 11.9. The fourth-order valence-corrected chi connectivity index (χ4v) is 4.88. The van der Waals surface area contributed by atoms with Gasteiger partial charge in [-0.25, -0.2) is 10.2 Å². The van der Waals surface area contributed by atoms with Crippen molar-refractivity contribution in [3.8, 4) is 17.1 Å². The number of carbonyl (C=O) groups excluding carboxylic acids is 1. The second-order valence-electron chi connectivity index (χ2n) is 5.87. The maximum atomic E-state index is 11.9. The van der Waals surface area contributed by atoms with E-state index in [1.165, 1.54) is 18.3 Å². The molecule has 0 unspecified atom stereocenters. The fourth-order valence-electron chi connectivity index (χ4n) is 2.39. The molecule has 154 valence electrons. The van der Waals surface area contributed by atoms with Crippen LogP contribution in [-0.2, 0) is 4.79 Å². The first-order valence-electron chi connectivity index (χ1n) is 8.36. The van der Waals surface area contributed by atoms with Gasteiger partial charge in [0.1, 0.15) is 17.3 Å². The van der Waals surface area contributed by atoms with E-state index in [9.17, 15) is 9.59 Å². The predicted octanol–water partition coefficient (Wildman–Crippen LogP) is 5.46. The molecule has 0 spiro atoms. The lowest BCUT2D eigenvalue weighted by Gasteiger charge is -2.09. The van der Waals surface area contributed by atoms with Crippen molar-refractivity contribution in [2.24, 2.45) is 5.10 Å². The van der Waals surface area contributed by atoms with Crippen LogP contribution < -0.4 is 10.2 Å². The van der Waals surface area contributed by atoms with Gasteiger partial charge in [-0.05, 0) is 68.3 Å². The van der Waals surface area contributed by atoms with Crippen LogP contribution >= 0.6 is 47.8 Å². The summed E-state index contributed by atoms with van der Waals surface area (Å²) < 4.78 is 13.4. The van der Waals surface area contributed by atoms with Gasteiger partial charge in [-0.1, -0.05) is 28.1 Å². The van der Waals surface area contributed by atoms with E-state index in [2.05, 4.69) is 58.3 Å². The number of benzene rings is 2. The van der Waals surface area contributed by atoms with E-state index in [1.807, 2.05) is 0 Å². The lowest BCUT2D eigenvalue weighted by atomic mass is 10.1. The summed E-state index contributed by atoms with van der Waals surface area (Å²) in [5.74, 6) is -0.0904. The van der Waals surface area contributed by atoms with Crippen molar-refractivity contribution in [3.63, 3.8) is 0 Å². The van der Waals surface area contributed by atoms with E-state index in [4.69, 9.17) is 14.3 Å². The van der Waals surface area contributed by atoms with Gasteiger partial charge in [-0.3, -0.25) is 4.79 Å². The van der Waals surface area contributed by atoms with Gasteiger partial charge < -0.3 is 14.3 Å². The molecule has 0 aliphatic carbocycles. The molecular formula is C20H13Br3N2O5. The van der Waals surface area contributed by atoms with Gasteiger partial charge in [0.15, 0.2) is 6.61 Å². The number of halogens is 3. The summed E-state index contributed by atoms with van der Waals surface area (Å²) in [4.78, 5) is 23.0. The highest BCUT2D eigenvalue weighted by Gasteiger charge is 2.11. The normalized spacial score (nSPS) is 10.9. The maximum Gasteiger partial charge on any atom is 0.335 e. The summed E-state index contributed by atoms with van der Waals surface area (Å²) in [5.41, 5.74) is 3.14. The van der Waals surface area contributed by atoms with Crippen molar-refractivity contribution in [3.05, 3.63) is 73.3 Å². The SMILES string of the molecule is O=C(COc1c(Br)cc(Br)cc1Br)NN=Cc1ccc(-c2cccc(C(=O)O)c2)o1. The zero-order chi connectivity index (χ0) is 21.7. The van der Waals surface area contributed by atoms with Crippen LogP contribution in [0.2, 0.25) is 0 Å². The number of carboxylic acids is 1. The van der Waals surface area contributed by atoms with Crippen LogP contribution in [-0.4, -0.2) is 29.8 Å². The number of rotatable bonds is 7. The number of aromatic carboxylic acids is 1. The Hall–Kier alpha value is -2.43. The Morgan fingerprint density at radius 3 is 2.53 bits per heavy atom. The standard InChI is InChI=1S/C20H13Br3N2O5/c21-13-7-15(22)19(16(23)8-13)29-10-18(26)25-24-9-14-4-5-17(30-14)11-2-1-3-12(6-11)20(27)28/h1-9H,10H2,(H,25,26)(H,27,28). The van der Waals surface area contributed by atoms with Crippen molar-refractivity contribution in [1.82, 2.24) is 5.43 Å². The summed E-state index contributed by atoms with van der Waals surface area (Å²) in [6.07, 6.45) is 1.34. The fraction of sp³-hybridized carbons (Fsp3) is 0.0500. The zero-order valence-electron chi connectivity index (χ0n) is 15.1. The summed E-state index contributed by atoms with van der Waals surface area (Å²) in [6.45, 7) is -0.235. The van der Waals surface area contributed by atoms with Crippen LogP contribution in [0.15, 0.2) is 71.5 Å². The van der Waals surface area contributed by atoms with Crippen molar-refractivity contribution in [1.29, 1.82) is 0 Å². The molecule has 30 heavy (non-hydrogen) atoms. The Bertz CT molecular complexity index is 1100. The van der Waals surface area contributed by atoms with Crippen LogP contribution in [0.4, 0.5) is 0 Å². The first kappa shape index (κ1) is 22.3. The number of furan rings is 1. The molecule has 10 heteroatoms. The Labute approximate surface area is 196 Å². The molecular weight excluding hydrogens is 588 g/mol. The molecule has 1 heterocycles. The number of nitrogens with one attached hydrogen (secondary N) is 1. The van der Waals surface area contributed by atoms with E-state index >= 15 is 0 Å². The topological polar surface area (TPSA) is 101 Å². The van der Waals surface area contributed by atoms with Gasteiger partial charge in [0.05, 0.1) is 20.7 Å². The van der Waals surface area contributed by atoms with Crippen molar-refractivity contribution in [2.45, 2.75) is 0 Å². The minimum Gasteiger partial charge on any atom is -0.481 e. The molecule has 7 nitrogen and oxygen atoms in total. The molecule has 3 aromatic rings. The predicted molar refractivity (Wildman–Crippen MR) is 122 cm³/mol. The van der Waals surface area contributed by atoms with Gasteiger partial charge in [0.25, 0.3) is 5.91 Å². The molecule has 3 rings (SSSR count). The Morgan fingerprint density at radius 2 is 1.83 bits per heavy atom. The average Bonchev–Trinajstić information content (AvgIpc) is 3.16. The highest BCUT2D eigenvalue weighted by atomic mass is 79.9. The molecule has 0 fully saturated rings. The Balaban J connectivity index is 1.57. The molecule has 2 aromatic carbocycles. The molecule has 1 aromatic heterocycles. The van der Waals surface area contributed by atoms with Crippen molar-refractivity contribution >= 4 is 65.9 Å². The summed E-state index contributed by atoms with van der Waals surface area (Å²) >= 11 is 10.1. The number of hydrogen-bond acceptors (Lipinski definition) is 5. The van der Waals surface area contributed by atoms with Crippen LogP contribution in [0, 0.1) is 0 Å². The van der Waals surface area contributed by atoms with Crippen LogP contribution in [0.1, 0.15) is 16.1 Å². The molecule has 1 amide bonds. The van der Waals surface area contributed by atoms with Gasteiger partial charge in [0, 0.05) is 10.0 Å². The van der Waals surface area contributed by atoms with Crippen LogP contribution in [0.5, 0.6) is 5.75 Å². The number of amides is 1. The Kier molecular flexibility index (Phi) is 7.46. The lowest BCUT2D eigenvalue weighted by molar-refractivity contribution is -0.123. The van der Waals surface area contributed by atoms with Gasteiger partial charge in [0.2, 0.25) is 0 Å². The number of carboxylic acid groups (broad SMARTS) is 1. The van der Waals surface area contributed by atoms with Gasteiger partial charge in [-0.15, -0.1) is 0 Å². The van der Waals surface area contributed by atoms with Crippen LogP contribution in [0.25, 0.3) is 11.3 Å². The summed E-state index contributed by atoms with van der Waals surface area (Å²) in [7, 11) is 0. The van der Waals surface area contributed by atoms with E-state index < -0.39 is 11.9 Å². The molecule has 0 saturated heterocycles. The first-order valence-corrected chi connectivity index (χ1v) is 10.7. The first-order chi connectivity index (χ1) is 14.3. The van der Waals surface area contributed by atoms with E-state index in [0.717, 1.165) is 4.47 Å². The highest BCUT2D eigenvalue weighted by molar-refractivity contribution is 9.11. The molecule has 0 aliphatic rings. The number of hydrazone groups is 1.